The van der Waals surface area contributed by atoms with E-state index >= 15 is 0 Å². The summed E-state index contributed by atoms with van der Waals surface area (Å²) in [4.78, 5) is 6.52. The van der Waals surface area contributed by atoms with Gasteiger partial charge in [-0.1, -0.05) is 12.1 Å². The number of H-pyrrole nitrogens is 1. The summed E-state index contributed by atoms with van der Waals surface area (Å²) in [5.41, 5.74) is 0.0252. The summed E-state index contributed by atoms with van der Waals surface area (Å²) in [7, 11) is -3.83. The molecule has 2 aromatic rings. The fourth-order valence-corrected chi connectivity index (χ4v) is 3.22. The molecule has 1 aromatic carbocycles. The van der Waals surface area contributed by atoms with Crippen LogP contribution in [0.2, 0.25) is 0 Å². The second-order valence-electron chi connectivity index (χ2n) is 3.95. The maximum absolute atomic E-state index is 13.7. The first-order chi connectivity index (χ1) is 8.96. The molecular formula is C12H14FN3O2S. The first kappa shape index (κ1) is 13.5. The Morgan fingerprint density at radius 3 is 2.58 bits per heavy atom. The van der Waals surface area contributed by atoms with Crippen LogP contribution in [0.4, 0.5) is 10.1 Å². The van der Waals surface area contributed by atoms with Crippen LogP contribution in [0.3, 0.4) is 0 Å². The Hall–Kier alpha value is -1.89. The Morgan fingerprint density at radius 1 is 1.37 bits per heavy atom. The van der Waals surface area contributed by atoms with E-state index in [-0.39, 0.29) is 17.3 Å². The van der Waals surface area contributed by atoms with E-state index in [1.165, 1.54) is 24.4 Å². The van der Waals surface area contributed by atoms with Crippen molar-refractivity contribution in [1.82, 2.24) is 9.97 Å². The lowest BCUT2D eigenvalue weighted by Crippen LogP contribution is -2.31. The Kier molecular flexibility index (Phi) is 3.57. The second kappa shape index (κ2) is 5.00. The minimum absolute atomic E-state index is 0.0252. The van der Waals surface area contributed by atoms with Gasteiger partial charge in [0.1, 0.15) is 11.6 Å². The van der Waals surface area contributed by atoms with Gasteiger partial charge in [0.2, 0.25) is 0 Å². The van der Waals surface area contributed by atoms with E-state index in [9.17, 15) is 12.8 Å². The van der Waals surface area contributed by atoms with Gasteiger partial charge in [0, 0.05) is 6.54 Å². The molecular weight excluding hydrogens is 269 g/mol. The summed E-state index contributed by atoms with van der Waals surface area (Å²) in [5.74, 6) is -0.0904. The Labute approximate surface area is 111 Å². The van der Waals surface area contributed by atoms with E-state index in [0.717, 1.165) is 4.31 Å². The molecule has 0 atom stereocenters. The van der Waals surface area contributed by atoms with Crippen molar-refractivity contribution < 1.29 is 12.8 Å². The van der Waals surface area contributed by atoms with Gasteiger partial charge in [-0.2, -0.15) is 8.42 Å². The van der Waals surface area contributed by atoms with Crippen molar-refractivity contribution in [2.45, 2.75) is 18.9 Å². The van der Waals surface area contributed by atoms with Crippen LogP contribution < -0.4 is 4.31 Å². The number of anilines is 1. The van der Waals surface area contributed by atoms with Crippen LogP contribution in [0.1, 0.15) is 12.7 Å². The Bertz CT molecular complexity index is 682. The van der Waals surface area contributed by atoms with Crippen molar-refractivity contribution >= 4 is 15.7 Å². The number of imidazole rings is 1. The average Bonchev–Trinajstić information content (AvgIpc) is 2.80. The van der Waals surface area contributed by atoms with Gasteiger partial charge in [-0.3, -0.25) is 4.31 Å². The number of aryl methyl sites for hydroxylation is 1. The van der Waals surface area contributed by atoms with Crippen LogP contribution in [0.25, 0.3) is 0 Å². The lowest BCUT2D eigenvalue weighted by Gasteiger charge is -2.22. The van der Waals surface area contributed by atoms with Gasteiger partial charge in [-0.25, -0.2) is 9.37 Å². The van der Waals surface area contributed by atoms with E-state index < -0.39 is 15.8 Å². The van der Waals surface area contributed by atoms with Crippen LogP contribution in [-0.4, -0.2) is 24.9 Å². The third-order valence-electron chi connectivity index (χ3n) is 2.66. The Balaban J connectivity index is 2.51. The molecule has 0 saturated heterocycles. The third kappa shape index (κ3) is 2.46. The lowest BCUT2D eigenvalue weighted by molar-refractivity contribution is 0.583. The molecule has 0 saturated carbocycles. The fourth-order valence-electron chi connectivity index (χ4n) is 1.77. The van der Waals surface area contributed by atoms with Crippen LogP contribution in [0, 0.1) is 12.7 Å². The molecule has 0 aliphatic rings. The number of hydrogen-bond acceptors (Lipinski definition) is 3. The number of aromatic amines is 1. The molecule has 0 fully saturated rings. The molecule has 7 heteroatoms. The minimum atomic E-state index is -3.83. The van der Waals surface area contributed by atoms with Crippen LogP contribution >= 0.6 is 0 Å². The monoisotopic (exact) mass is 283 g/mol. The highest BCUT2D eigenvalue weighted by atomic mass is 32.2. The molecule has 0 unspecified atom stereocenters. The highest BCUT2D eigenvalue weighted by Gasteiger charge is 2.27. The van der Waals surface area contributed by atoms with Gasteiger partial charge in [-0.15, -0.1) is 0 Å². The predicted molar refractivity (Wildman–Crippen MR) is 69.9 cm³/mol. The number of nitrogens with one attached hydrogen (secondary N) is 1. The molecule has 1 N–H and O–H groups in total. The summed E-state index contributed by atoms with van der Waals surface area (Å²) < 4.78 is 39.6. The quantitative estimate of drug-likeness (QED) is 0.934. The van der Waals surface area contributed by atoms with E-state index in [1.54, 1.807) is 19.9 Å². The van der Waals surface area contributed by atoms with E-state index in [4.69, 9.17) is 0 Å². The highest BCUT2D eigenvalue weighted by Crippen LogP contribution is 2.24. The molecule has 5 nitrogen and oxygen atoms in total. The zero-order chi connectivity index (χ0) is 14.0. The molecule has 0 aliphatic heterocycles. The topological polar surface area (TPSA) is 66.1 Å². The molecule has 19 heavy (non-hydrogen) atoms. The highest BCUT2D eigenvalue weighted by molar-refractivity contribution is 7.92. The van der Waals surface area contributed by atoms with Crippen molar-refractivity contribution in [3.05, 3.63) is 42.1 Å². The molecule has 2 rings (SSSR count). The second-order valence-corrected chi connectivity index (χ2v) is 5.78. The lowest BCUT2D eigenvalue weighted by atomic mass is 10.3. The summed E-state index contributed by atoms with van der Waals surface area (Å²) in [6.07, 6.45) is 1.23. The zero-order valence-electron chi connectivity index (χ0n) is 10.6. The molecule has 0 aliphatic carbocycles. The molecule has 0 bridgehead atoms. The van der Waals surface area contributed by atoms with Crippen LogP contribution in [0.15, 0.2) is 35.5 Å². The van der Waals surface area contributed by atoms with Crippen molar-refractivity contribution in [3.8, 4) is 0 Å². The summed E-state index contributed by atoms with van der Waals surface area (Å²) in [5, 5.41) is -0.0462. The van der Waals surface area contributed by atoms with E-state index in [1.807, 2.05) is 0 Å². The van der Waals surface area contributed by atoms with Crippen LogP contribution in [0.5, 0.6) is 0 Å². The number of halogens is 1. The molecule has 0 amide bonds. The maximum atomic E-state index is 13.7. The number of sulfonamides is 1. The molecule has 1 heterocycles. The smallest absolute Gasteiger partial charge is 0.281 e. The van der Waals surface area contributed by atoms with E-state index in [2.05, 4.69) is 9.97 Å². The fraction of sp³-hybridized carbons (Fsp3) is 0.250. The van der Waals surface area contributed by atoms with Gasteiger partial charge in [0.15, 0.2) is 5.03 Å². The first-order valence-corrected chi connectivity index (χ1v) is 7.19. The molecule has 0 spiro atoms. The average molecular weight is 283 g/mol. The Morgan fingerprint density at radius 2 is 2.05 bits per heavy atom. The van der Waals surface area contributed by atoms with Crippen LogP contribution in [-0.2, 0) is 10.0 Å². The van der Waals surface area contributed by atoms with Crippen molar-refractivity contribution in [3.63, 3.8) is 0 Å². The number of rotatable bonds is 4. The largest absolute Gasteiger partial charge is 0.332 e. The van der Waals surface area contributed by atoms with Gasteiger partial charge in [0.05, 0.1) is 11.9 Å². The zero-order valence-corrected chi connectivity index (χ0v) is 11.4. The van der Waals surface area contributed by atoms with Gasteiger partial charge >= 0.3 is 0 Å². The number of benzene rings is 1. The third-order valence-corrected chi connectivity index (χ3v) is 4.45. The van der Waals surface area contributed by atoms with Crippen molar-refractivity contribution in [2.75, 3.05) is 10.8 Å². The van der Waals surface area contributed by atoms with E-state index in [0.29, 0.717) is 5.82 Å². The molecule has 0 radical (unpaired) electrons. The molecule has 1 aromatic heterocycles. The first-order valence-electron chi connectivity index (χ1n) is 5.75. The summed E-state index contributed by atoms with van der Waals surface area (Å²) >= 11 is 0. The summed E-state index contributed by atoms with van der Waals surface area (Å²) in [6.45, 7) is 3.42. The van der Waals surface area contributed by atoms with Gasteiger partial charge < -0.3 is 4.98 Å². The number of aromatic nitrogens is 2. The summed E-state index contributed by atoms with van der Waals surface area (Å²) in [6, 6.07) is 5.76. The number of para-hydroxylation sites is 1. The number of nitrogens with zero attached hydrogens (tertiary/aromatic N) is 2. The van der Waals surface area contributed by atoms with Gasteiger partial charge in [-0.05, 0) is 26.0 Å². The normalized spacial score (nSPS) is 11.5. The van der Waals surface area contributed by atoms with Crippen molar-refractivity contribution in [1.29, 1.82) is 0 Å². The van der Waals surface area contributed by atoms with Crippen molar-refractivity contribution in [2.24, 2.45) is 0 Å². The van der Waals surface area contributed by atoms with Gasteiger partial charge in [0.25, 0.3) is 10.0 Å². The number of hydrogen-bond donors (Lipinski definition) is 1. The minimum Gasteiger partial charge on any atom is -0.332 e. The standard InChI is InChI=1S/C12H14FN3O2S/c1-3-16(11-7-5-4-6-10(11)13)19(17,18)12-8-14-9(2)15-12/h4-8H,3H2,1-2H3,(H,14,15). The molecule has 102 valence electrons. The maximum Gasteiger partial charge on any atom is 0.281 e. The SMILES string of the molecule is CCN(c1ccccc1F)S(=O)(=O)c1cnc(C)[nH]1. The predicted octanol–water partition coefficient (Wildman–Crippen LogP) is 2.07.